The van der Waals surface area contributed by atoms with Crippen LogP contribution in [0.25, 0.3) is 0 Å². The van der Waals surface area contributed by atoms with E-state index >= 15 is 0 Å². The Balaban J connectivity index is 2.09. The first-order valence-electron chi connectivity index (χ1n) is 5.82. The maximum atomic E-state index is 7.32. The number of anilines is 1. The standard InChI is InChI=1S/C14H15ClN4/c1-19(9-10-2-5-12(15)6-3-10)13-7-4-11(8-18-13)14(16)17/h2-8H,9H2,1H3,(H3,16,17). The zero-order valence-electron chi connectivity index (χ0n) is 10.6. The highest BCUT2D eigenvalue weighted by Gasteiger charge is 2.04. The second kappa shape index (κ2) is 5.71. The Bertz CT molecular complexity index is 563. The maximum Gasteiger partial charge on any atom is 0.128 e. The van der Waals surface area contributed by atoms with Crippen molar-refractivity contribution in [2.45, 2.75) is 6.54 Å². The third-order valence-electron chi connectivity index (χ3n) is 2.78. The summed E-state index contributed by atoms with van der Waals surface area (Å²) in [6, 6.07) is 11.4. The van der Waals surface area contributed by atoms with Crippen LogP contribution in [-0.2, 0) is 6.54 Å². The summed E-state index contributed by atoms with van der Waals surface area (Å²) in [5.74, 6) is 0.861. The van der Waals surface area contributed by atoms with Crippen molar-refractivity contribution in [3.8, 4) is 0 Å². The smallest absolute Gasteiger partial charge is 0.128 e. The van der Waals surface area contributed by atoms with E-state index in [0.717, 1.165) is 22.9 Å². The third-order valence-corrected chi connectivity index (χ3v) is 3.03. The molecule has 1 aromatic heterocycles. The highest BCUT2D eigenvalue weighted by atomic mass is 35.5. The van der Waals surface area contributed by atoms with Gasteiger partial charge >= 0.3 is 0 Å². The first-order valence-corrected chi connectivity index (χ1v) is 6.20. The van der Waals surface area contributed by atoms with Crippen LogP contribution in [0.3, 0.4) is 0 Å². The fourth-order valence-corrected chi connectivity index (χ4v) is 1.84. The number of hydrogen-bond donors (Lipinski definition) is 2. The summed E-state index contributed by atoms with van der Waals surface area (Å²) in [7, 11) is 1.96. The normalized spacial score (nSPS) is 10.2. The van der Waals surface area contributed by atoms with E-state index in [1.54, 1.807) is 12.3 Å². The van der Waals surface area contributed by atoms with Gasteiger partial charge in [-0.2, -0.15) is 0 Å². The molecule has 4 nitrogen and oxygen atoms in total. The first kappa shape index (κ1) is 13.4. The quantitative estimate of drug-likeness (QED) is 0.665. The van der Waals surface area contributed by atoms with E-state index in [-0.39, 0.29) is 5.84 Å². The lowest BCUT2D eigenvalue weighted by atomic mass is 10.2. The number of hydrogen-bond acceptors (Lipinski definition) is 3. The van der Waals surface area contributed by atoms with E-state index in [1.807, 2.05) is 42.3 Å². The molecule has 2 rings (SSSR count). The number of nitrogens with one attached hydrogen (secondary N) is 1. The lowest BCUT2D eigenvalue weighted by molar-refractivity contribution is 0.897. The average Bonchev–Trinajstić information content (AvgIpc) is 2.41. The molecular weight excluding hydrogens is 260 g/mol. The highest BCUT2D eigenvalue weighted by molar-refractivity contribution is 6.30. The van der Waals surface area contributed by atoms with Crippen molar-refractivity contribution in [2.75, 3.05) is 11.9 Å². The molecule has 98 valence electrons. The van der Waals surface area contributed by atoms with Gasteiger partial charge in [0.05, 0.1) is 0 Å². The van der Waals surface area contributed by atoms with Gasteiger partial charge in [-0.3, -0.25) is 5.41 Å². The molecule has 0 saturated carbocycles. The number of aromatic nitrogens is 1. The number of halogens is 1. The van der Waals surface area contributed by atoms with Crippen LogP contribution in [0.15, 0.2) is 42.6 Å². The Morgan fingerprint density at radius 1 is 1.26 bits per heavy atom. The van der Waals surface area contributed by atoms with Gasteiger partial charge in [-0.25, -0.2) is 4.98 Å². The predicted octanol–water partition coefficient (Wildman–Crippen LogP) is 2.66. The molecule has 3 N–H and O–H groups in total. The van der Waals surface area contributed by atoms with Crippen molar-refractivity contribution < 1.29 is 0 Å². The highest BCUT2D eigenvalue weighted by Crippen LogP contribution is 2.15. The fourth-order valence-electron chi connectivity index (χ4n) is 1.72. The predicted molar refractivity (Wildman–Crippen MR) is 78.8 cm³/mol. The van der Waals surface area contributed by atoms with Crippen molar-refractivity contribution in [1.29, 1.82) is 5.41 Å². The van der Waals surface area contributed by atoms with Crippen molar-refractivity contribution in [2.24, 2.45) is 5.73 Å². The Labute approximate surface area is 117 Å². The molecule has 0 unspecified atom stereocenters. The Morgan fingerprint density at radius 3 is 2.47 bits per heavy atom. The lowest BCUT2D eigenvalue weighted by Crippen LogP contribution is -2.18. The molecule has 0 atom stereocenters. The molecule has 1 aromatic carbocycles. The van der Waals surface area contributed by atoms with Crippen LogP contribution < -0.4 is 10.6 Å². The second-order valence-electron chi connectivity index (χ2n) is 4.30. The Morgan fingerprint density at radius 2 is 1.95 bits per heavy atom. The monoisotopic (exact) mass is 274 g/mol. The zero-order chi connectivity index (χ0) is 13.8. The van der Waals surface area contributed by atoms with Gasteiger partial charge in [0.2, 0.25) is 0 Å². The summed E-state index contributed by atoms with van der Waals surface area (Å²) in [6.45, 7) is 0.740. The van der Waals surface area contributed by atoms with Gasteiger partial charge in [0.25, 0.3) is 0 Å². The summed E-state index contributed by atoms with van der Waals surface area (Å²) in [5, 5.41) is 8.06. The van der Waals surface area contributed by atoms with Crippen LogP contribution in [0.1, 0.15) is 11.1 Å². The van der Waals surface area contributed by atoms with Gasteiger partial charge in [-0.1, -0.05) is 23.7 Å². The van der Waals surface area contributed by atoms with Crippen molar-refractivity contribution >= 4 is 23.3 Å². The minimum atomic E-state index is 0.0272. The molecule has 0 fully saturated rings. The van der Waals surface area contributed by atoms with E-state index in [9.17, 15) is 0 Å². The topological polar surface area (TPSA) is 66.0 Å². The van der Waals surface area contributed by atoms with Gasteiger partial charge in [0, 0.05) is 30.4 Å². The second-order valence-corrected chi connectivity index (χ2v) is 4.74. The molecule has 0 aliphatic heterocycles. The number of nitrogens with zero attached hydrogens (tertiary/aromatic N) is 2. The van der Waals surface area contributed by atoms with Gasteiger partial charge in [0.1, 0.15) is 11.7 Å². The number of nitrogens with two attached hydrogens (primary N) is 1. The van der Waals surface area contributed by atoms with Gasteiger partial charge in [-0.15, -0.1) is 0 Å². The maximum absolute atomic E-state index is 7.32. The molecule has 1 heterocycles. The molecule has 0 spiro atoms. The average molecular weight is 275 g/mol. The van der Waals surface area contributed by atoms with Gasteiger partial charge in [0.15, 0.2) is 0 Å². The number of amidine groups is 1. The number of benzene rings is 1. The summed E-state index contributed by atoms with van der Waals surface area (Å²) in [4.78, 5) is 6.31. The molecule has 0 bridgehead atoms. The van der Waals surface area contributed by atoms with Crippen molar-refractivity contribution in [3.05, 3.63) is 58.7 Å². The van der Waals surface area contributed by atoms with Gasteiger partial charge in [-0.05, 0) is 29.8 Å². The SMILES string of the molecule is CN(Cc1ccc(Cl)cc1)c1ccc(C(=N)N)cn1. The Hall–Kier alpha value is -2.07. The summed E-state index contributed by atoms with van der Waals surface area (Å²) in [6.07, 6.45) is 1.61. The molecule has 2 aromatic rings. The summed E-state index contributed by atoms with van der Waals surface area (Å²) < 4.78 is 0. The number of nitrogen functional groups attached to an aromatic ring is 1. The largest absolute Gasteiger partial charge is 0.384 e. The molecule has 0 radical (unpaired) electrons. The van der Waals surface area contributed by atoms with Crippen LogP contribution in [0.2, 0.25) is 5.02 Å². The lowest BCUT2D eigenvalue weighted by Gasteiger charge is -2.18. The molecule has 0 aliphatic carbocycles. The van der Waals surface area contributed by atoms with E-state index < -0.39 is 0 Å². The zero-order valence-corrected chi connectivity index (χ0v) is 11.4. The van der Waals surface area contributed by atoms with Crippen molar-refractivity contribution in [1.82, 2.24) is 4.98 Å². The minimum absolute atomic E-state index is 0.0272. The van der Waals surface area contributed by atoms with Gasteiger partial charge < -0.3 is 10.6 Å². The fraction of sp³-hybridized carbons (Fsp3) is 0.143. The van der Waals surface area contributed by atoms with E-state index in [0.29, 0.717) is 5.56 Å². The van der Waals surface area contributed by atoms with Crippen LogP contribution in [0.4, 0.5) is 5.82 Å². The Kier molecular flexibility index (Phi) is 4.02. The van der Waals surface area contributed by atoms with E-state index in [2.05, 4.69) is 4.98 Å². The minimum Gasteiger partial charge on any atom is -0.384 e. The van der Waals surface area contributed by atoms with Crippen LogP contribution in [0.5, 0.6) is 0 Å². The molecule has 0 amide bonds. The van der Waals surface area contributed by atoms with Crippen LogP contribution in [0, 0.1) is 5.41 Å². The van der Waals surface area contributed by atoms with E-state index in [1.165, 1.54) is 0 Å². The van der Waals surface area contributed by atoms with Crippen LogP contribution in [-0.4, -0.2) is 17.9 Å². The molecular formula is C14H15ClN4. The van der Waals surface area contributed by atoms with Crippen molar-refractivity contribution in [3.63, 3.8) is 0 Å². The summed E-state index contributed by atoms with van der Waals surface area (Å²) in [5.41, 5.74) is 7.18. The number of pyridine rings is 1. The molecule has 0 saturated heterocycles. The third kappa shape index (κ3) is 3.45. The molecule has 19 heavy (non-hydrogen) atoms. The summed E-state index contributed by atoms with van der Waals surface area (Å²) >= 11 is 5.85. The molecule has 0 aliphatic rings. The van der Waals surface area contributed by atoms with Crippen LogP contribution >= 0.6 is 11.6 Å². The molecule has 5 heteroatoms. The van der Waals surface area contributed by atoms with E-state index in [4.69, 9.17) is 22.7 Å². The number of rotatable bonds is 4. The first-order chi connectivity index (χ1) is 9.06.